The van der Waals surface area contributed by atoms with Gasteiger partial charge in [-0.15, -0.1) is 0 Å². The molecule has 15 rings (SSSR count). The van der Waals surface area contributed by atoms with Crippen LogP contribution in [0, 0.1) is 125 Å². The molecular weight excluding hydrogens is 1150 g/mol. The first-order chi connectivity index (χ1) is 45.0. The fraction of sp³-hybridized carbons (Fsp3) is 0.221. The predicted octanol–water partition coefficient (Wildman–Crippen LogP) is 22.2. The van der Waals surface area contributed by atoms with E-state index in [0.29, 0.717) is 0 Å². The van der Waals surface area contributed by atoms with E-state index in [1.54, 1.807) is 0 Å². The van der Waals surface area contributed by atoms with Gasteiger partial charge < -0.3 is 4.57 Å². The summed E-state index contributed by atoms with van der Waals surface area (Å²) in [5, 5.41) is 17.8. The molecule has 0 amide bonds. The van der Waals surface area contributed by atoms with E-state index in [9.17, 15) is 0 Å². The third-order valence-corrected chi connectivity index (χ3v) is 17.9. The van der Waals surface area contributed by atoms with Crippen LogP contribution in [0.25, 0.3) is 75.4 Å². The van der Waals surface area contributed by atoms with Gasteiger partial charge in [-0.25, -0.2) is 0 Å². The molecule has 0 saturated heterocycles. The fourth-order valence-corrected chi connectivity index (χ4v) is 11.7. The van der Waals surface area contributed by atoms with E-state index in [4.69, 9.17) is 0 Å². The topological polar surface area (TPSA) is 95.2 Å². The average molecular weight is 1240 g/mol. The van der Waals surface area contributed by atoms with Crippen molar-refractivity contribution in [3.8, 4) is 0 Å². The Hall–Kier alpha value is -10.3. The number of aromatic nitrogens is 8. The highest BCUT2D eigenvalue weighted by molar-refractivity contribution is 5.90. The Bertz CT molecular complexity index is 4790. The zero-order valence-corrected chi connectivity index (χ0v) is 58.8. The summed E-state index contributed by atoms with van der Waals surface area (Å²) in [7, 11) is 2.12. The molecule has 0 aliphatic heterocycles. The van der Waals surface area contributed by atoms with Gasteiger partial charge >= 0.3 is 0 Å². The summed E-state index contributed by atoms with van der Waals surface area (Å²) in [6.45, 7) is 37.7. The Morgan fingerprint density at radius 2 is 0.702 bits per heavy atom. The minimum Gasteiger partial charge on any atom is -0.352 e. The number of fused-ring (bicyclic) bond motifs is 7. The van der Waals surface area contributed by atoms with Crippen molar-refractivity contribution < 1.29 is 0 Å². The normalized spacial score (nSPS) is 10.5. The lowest BCUT2D eigenvalue weighted by atomic mass is 10.1. The van der Waals surface area contributed by atoms with Crippen molar-refractivity contribution in [3.63, 3.8) is 0 Å². The summed E-state index contributed by atoms with van der Waals surface area (Å²) in [6.07, 6.45) is 11.3. The van der Waals surface area contributed by atoms with Crippen LogP contribution in [0.15, 0.2) is 213 Å². The van der Waals surface area contributed by atoms with Gasteiger partial charge in [-0.2, -0.15) is 0 Å². The molecule has 0 fully saturated rings. The van der Waals surface area contributed by atoms with Crippen LogP contribution >= 0.6 is 0 Å². The number of rotatable bonds is 0. The standard InChI is InChI=1S/7C11H11N.C9H15N/c1-8-3-4-11-9(2)12-6-5-10(11)7-8;1-8-3-4-10-5-6-12-9(2)11(10)7-8;1-8-4-3-5-11-9(2)12-7-6-10(8)11;1-8-4-3-5-10-6-7-12-9(2)11(8)10;1-8-9(2)12-7-10-5-3-4-6-11(8)10;1-8-7-12-9(2)11-6-4-3-5-10(8)11;1-8-7-10-5-3-4-6-11(10)9(2)12-8;1-6-7(2)9(4)10(5)8(6)3/h7*3-7H,1-2H3;1-5H3. The third kappa shape index (κ3) is 17.4. The molecular formula is C86H92N8. The molecule has 0 N–H and O–H groups in total. The van der Waals surface area contributed by atoms with Crippen LogP contribution < -0.4 is 0 Å². The highest BCUT2D eigenvalue weighted by Gasteiger charge is 2.07. The molecule has 15 aromatic rings. The van der Waals surface area contributed by atoms with E-state index in [1.807, 2.05) is 96.9 Å². The summed E-state index contributed by atoms with van der Waals surface area (Å²) in [5.74, 6) is 0. The van der Waals surface area contributed by atoms with Gasteiger partial charge in [0.15, 0.2) is 0 Å². The lowest BCUT2D eigenvalue weighted by Crippen LogP contribution is -1.92. The van der Waals surface area contributed by atoms with E-state index in [0.717, 1.165) is 45.6 Å². The predicted molar refractivity (Wildman–Crippen MR) is 403 cm³/mol. The summed E-state index contributed by atoms with van der Waals surface area (Å²) in [5.41, 5.74) is 22.2. The Morgan fingerprint density at radius 1 is 0.255 bits per heavy atom. The largest absolute Gasteiger partial charge is 0.352 e. The van der Waals surface area contributed by atoms with Crippen LogP contribution in [0.5, 0.6) is 0 Å². The maximum Gasteiger partial charge on any atom is 0.0454 e. The van der Waals surface area contributed by atoms with Crippen LogP contribution in [0.1, 0.15) is 101 Å². The van der Waals surface area contributed by atoms with Gasteiger partial charge in [0, 0.05) is 139 Å². The molecule has 476 valence electrons. The number of nitrogens with zero attached hydrogens (tertiary/aromatic N) is 8. The van der Waals surface area contributed by atoms with Gasteiger partial charge in [0.1, 0.15) is 0 Å². The molecule has 0 radical (unpaired) electrons. The molecule has 0 bridgehead atoms. The van der Waals surface area contributed by atoms with E-state index in [2.05, 4.69) is 287 Å². The second-order valence-corrected chi connectivity index (χ2v) is 24.6. The first-order valence-corrected chi connectivity index (χ1v) is 32.3. The van der Waals surface area contributed by atoms with Gasteiger partial charge in [-0.05, 0) is 232 Å². The second-order valence-electron chi connectivity index (χ2n) is 24.6. The number of pyridine rings is 7. The molecule has 7 aromatic carbocycles. The van der Waals surface area contributed by atoms with Crippen molar-refractivity contribution >= 4 is 75.4 Å². The monoisotopic (exact) mass is 1240 g/mol. The quantitative estimate of drug-likeness (QED) is 0.149. The summed E-state index contributed by atoms with van der Waals surface area (Å²) < 4.78 is 2.24. The molecule has 8 heteroatoms. The van der Waals surface area contributed by atoms with Crippen molar-refractivity contribution in [2.24, 2.45) is 7.05 Å². The SMILES string of the molecule is Cc1c(C)c(C)n(C)c1C.Cc1cc2ccccc2c(C)n1.Cc1ccc2c(C)nccc2c1.Cc1ccc2ccnc(C)c2c1.Cc1cccc2c(C)nccc12.Cc1cccc2ccnc(C)c12.Cc1cnc(C)c2ccccc12.Cc1ncc2ccccc2c1C. The zero-order chi connectivity index (χ0) is 67.8. The second kappa shape index (κ2) is 32.3. The van der Waals surface area contributed by atoms with Crippen molar-refractivity contribution in [3.05, 3.63) is 315 Å². The van der Waals surface area contributed by atoms with E-state index in [-0.39, 0.29) is 0 Å². The number of aryl methyl sites for hydroxylation is 14. The Kier molecular flexibility index (Phi) is 23.9. The fourth-order valence-electron chi connectivity index (χ4n) is 11.7. The van der Waals surface area contributed by atoms with E-state index < -0.39 is 0 Å². The highest BCUT2D eigenvalue weighted by atomic mass is 15.0. The molecule has 0 aliphatic carbocycles. The Balaban J connectivity index is 0.000000138. The Labute approximate surface area is 558 Å². The smallest absolute Gasteiger partial charge is 0.0454 e. The molecule has 8 heterocycles. The maximum atomic E-state index is 4.40. The third-order valence-electron chi connectivity index (χ3n) is 17.9. The lowest BCUT2D eigenvalue weighted by Gasteiger charge is -2.03. The number of benzene rings is 7. The van der Waals surface area contributed by atoms with Crippen LogP contribution in [0.3, 0.4) is 0 Å². The van der Waals surface area contributed by atoms with Gasteiger partial charge in [0.25, 0.3) is 0 Å². The molecule has 0 spiro atoms. The van der Waals surface area contributed by atoms with Crippen LogP contribution in [-0.4, -0.2) is 39.5 Å². The van der Waals surface area contributed by atoms with Crippen LogP contribution in [0.4, 0.5) is 0 Å². The molecule has 0 aliphatic rings. The minimum atomic E-state index is 1.09. The molecule has 8 aromatic heterocycles. The van der Waals surface area contributed by atoms with Gasteiger partial charge in [-0.1, -0.05) is 151 Å². The van der Waals surface area contributed by atoms with Crippen molar-refractivity contribution in [2.45, 2.75) is 125 Å². The van der Waals surface area contributed by atoms with Gasteiger partial charge in [0.2, 0.25) is 0 Å². The first-order valence-electron chi connectivity index (χ1n) is 32.3. The Morgan fingerprint density at radius 3 is 1.34 bits per heavy atom. The number of hydrogen-bond acceptors (Lipinski definition) is 7. The maximum absolute atomic E-state index is 4.40. The van der Waals surface area contributed by atoms with Gasteiger partial charge in [0.05, 0.1) is 0 Å². The minimum absolute atomic E-state index is 1.09. The lowest BCUT2D eigenvalue weighted by molar-refractivity contribution is 0.838. The number of hydrogen-bond donors (Lipinski definition) is 0. The zero-order valence-electron chi connectivity index (χ0n) is 58.8. The molecule has 0 unspecified atom stereocenters. The summed E-state index contributed by atoms with van der Waals surface area (Å²) in [6, 6.07) is 60.9. The van der Waals surface area contributed by atoms with Crippen molar-refractivity contribution in [1.82, 2.24) is 39.5 Å². The molecule has 94 heavy (non-hydrogen) atoms. The van der Waals surface area contributed by atoms with E-state index in [1.165, 1.54) is 131 Å². The molecule has 8 nitrogen and oxygen atoms in total. The summed E-state index contributed by atoms with van der Waals surface area (Å²) in [4.78, 5) is 30.0. The average Bonchev–Trinajstić information content (AvgIpc) is 1.18. The summed E-state index contributed by atoms with van der Waals surface area (Å²) >= 11 is 0. The van der Waals surface area contributed by atoms with Crippen molar-refractivity contribution in [2.75, 3.05) is 0 Å². The highest BCUT2D eigenvalue weighted by Crippen LogP contribution is 2.25. The van der Waals surface area contributed by atoms with Crippen LogP contribution in [-0.2, 0) is 7.05 Å². The first kappa shape index (κ1) is 69.6. The van der Waals surface area contributed by atoms with Crippen molar-refractivity contribution in [1.29, 1.82) is 0 Å². The molecule has 0 saturated carbocycles. The van der Waals surface area contributed by atoms with Gasteiger partial charge in [-0.3, -0.25) is 34.9 Å². The van der Waals surface area contributed by atoms with E-state index >= 15 is 0 Å². The molecule has 0 atom stereocenters. The van der Waals surface area contributed by atoms with Crippen LogP contribution in [0.2, 0.25) is 0 Å².